The molecule has 9 heteroatoms. The second-order valence-electron chi connectivity index (χ2n) is 7.91. The highest BCUT2D eigenvalue weighted by atomic mass is 16.5. The molecule has 166 valence electrons. The van der Waals surface area contributed by atoms with Crippen molar-refractivity contribution in [1.29, 1.82) is 0 Å². The van der Waals surface area contributed by atoms with Crippen LogP contribution in [-0.2, 0) is 4.79 Å². The van der Waals surface area contributed by atoms with Crippen LogP contribution in [0.3, 0.4) is 0 Å². The van der Waals surface area contributed by atoms with Crippen molar-refractivity contribution in [3.63, 3.8) is 0 Å². The molecule has 1 fully saturated rings. The third-order valence-corrected chi connectivity index (χ3v) is 5.93. The summed E-state index contributed by atoms with van der Waals surface area (Å²) in [6.07, 6.45) is 3.61. The Balaban J connectivity index is 1.35. The Morgan fingerprint density at radius 2 is 1.85 bits per heavy atom. The fraction of sp³-hybridized carbons (Fsp3) is 0.208. The molecule has 0 bridgehead atoms. The van der Waals surface area contributed by atoms with E-state index in [0.29, 0.717) is 30.1 Å². The van der Waals surface area contributed by atoms with Gasteiger partial charge < -0.3 is 19.7 Å². The number of H-pyrrole nitrogens is 1. The van der Waals surface area contributed by atoms with Crippen molar-refractivity contribution in [1.82, 2.24) is 19.9 Å². The van der Waals surface area contributed by atoms with Gasteiger partial charge in [-0.3, -0.25) is 9.59 Å². The number of carbonyl (C=O) groups is 2. The quantitative estimate of drug-likeness (QED) is 0.433. The van der Waals surface area contributed by atoms with Crippen LogP contribution in [-0.4, -0.2) is 49.4 Å². The molecular weight excluding hydrogens is 422 g/mol. The first-order chi connectivity index (χ1) is 16.0. The van der Waals surface area contributed by atoms with Crippen molar-refractivity contribution in [2.45, 2.75) is 19.4 Å². The fourth-order valence-electron chi connectivity index (χ4n) is 4.14. The number of ketones is 1. The topological polar surface area (TPSA) is 121 Å². The molecule has 3 heterocycles. The number of hydrogen-bond acceptors (Lipinski definition) is 7. The zero-order valence-electron chi connectivity index (χ0n) is 17.8. The normalized spacial score (nSPS) is 17.9. The Bertz CT molecular complexity index is 1300. The Morgan fingerprint density at radius 3 is 2.58 bits per heavy atom. The number of para-hydroxylation sites is 2. The Morgan fingerprint density at radius 1 is 1.09 bits per heavy atom. The molecule has 0 spiro atoms. The summed E-state index contributed by atoms with van der Waals surface area (Å²) in [5.74, 6) is 0.0348. The first kappa shape index (κ1) is 20.6. The molecule has 1 saturated heterocycles. The summed E-state index contributed by atoms with van der Waals surface area (Å²) in [5.41, 5.74) is 2.01. The number of carboxylic acids is 1. The Hall–Kier alpha value is -4.27. The lowest BCUT2D eigenvalue weighted by Crippen LogP contribution is -2.33. The van der Waals surface area contributed by atoms with Gasteiger partial charge in [-0.2, -0.15) is 0 Å². The third-order valence-electron chi connectivity index (χ3n) is 5.93. The first-order valence-electron chi connectivity index (χ1n) is 10.6. The molecule has 0 saturated carbocycles. The lowest BCUT2D eigenvalue weighted by molar-refractivity contribution is -0.141. The SMILES string of the molecule is C[C@H]1C(C(=O)O)CCN1c1nccnc1Oc1ccc(C(=O)c2nc3ccccc3[nH]2)cc1. The summed E-state index contributed by atoms with van der Waals surface area (Å²) >= 11 is 0. The van der Waals surface area contributed by atoms with E-state index in [1.54, 1.807) is 30.5 Å². The van der Waals surface area contributed by atoms with Crippen LogP contribution >= 0.6 is 0 Å². The number of aliphatic carboxylic acids is 1. The van der Waals surface area contributed by atoms with E-state index >= 15 is 0 Å². The average molecular weight is 443 g/mol. The number of carbonyl (C=O) groups excluding carboxylic acids is 1. The number of aromatic nitrogens is 4. The van der Waals surface area contributed by atoms with Crippen molar-refractivity contribution in [2.24, 2.45) is 5.92 Å². The number of imidazole rings is 1. The summed E-state index contributed by atoms with van der Waals surface area (Å²) in [6.45, 7) is 2.42. The summed E-state index contributed by atoms with van der Waals surface area (Å²) in [7, 11) is 0. The fourth-order valence-corrected chi connectivity index (χ4v) is 4.14. The van der Waals surface area contributed by atoms with Crippen molar-refractivity contribution in [3.05, 3.63) is 72.3 Å². The number of aromatic amines is 1. The number of nitrogens with zero attached hydrogens (tertiary/aromatic N) is 4. The van der Waals surface area contributed by atoms with Crippen LogP contribution in [0.25, 0.3) is 11.0 Å². The van der Waals surface area contributed by atoms with Crippen molar-refractivity contribution in [2.75, 3.05) is 11.4 Å². The number of rotatable bonds is 6. The minimum atomic E-state index is -0.818. The van der Waals surface area contributed by atoms with E-state index < -0.39 is 11.9 Å². The molecule has 9 nitrogen and oxygen atoms in total. The Kier molecular flexibility index (Phi) is 5.21. The van der Waals surface area contributed by atoms with E-state index in [9.17, 15) is 14.7 Å². The minimum Gasteiger partial charge on any atom is -0.481 e. The lowest BCUT2D eigenvalue weighted by atomic mass is 10.0. The molecule has 1 aliphatic rings. The number of nitrogens with one attached hydrogen (secondary N) is 1. The smallest absolute Gasteiger partial charge is 0.308 e. The largest absolute Gasteiger partial charge is 0.481 e. The van der Waals surface area contributed by atoms with Gasteiger partial charge >= 0.3 is 5.97 Å². The maximum absolute atomic E-state index is 12.8. The van der Waals surface area contributed by atoms with Gasteiger partial charge in [0.15, 0.2) is 11.6 Å². The maximum Gasteiger partial charge on any atom is 0.308 e. The van der Waals surface area contributed by atoms with Crippen molar-refractivity contribution >= 4 is 28.6 Å². The van der Waals surface area contributed by atoms with E-state index in [-0.39, 0.29) is 23.5 Å². The standard InChI is InChI=1S/C24H21N5O4/c1-14-17(24(31)32)10-13-29(14)22-23(26-12-11-25-22)33-16-8-6-15(7-9-16)20(30)21-27-18-4-2-3-5-19(18)28-21/h2-9,11-12,14,17H,10,13H2,1H3,(H,27,28)(H,31,32)/t14-,17?/m0/s1. The first-order valence-corrected chi connectivity index (χ1v) is 10.6. The molecule has 1 unspecified atom stereocenters. The zero-order valence-corrected chi connectivity index (χ0v) is 17.8. The predicted octanol–water partition coefficient (Wildman–Crippen LogP) is 3.68. The molecule has 0 radical (unpaired) electrons. The molecule has 4 aromatic rings. The molecule has 2 N–H and O–H groups in total. The molecule has 5 rings (SSSR count). The molecule has 33 heavy (non-hydrogen) atoms. The van der Waals surface area contributed by atoms with Crippen LogP contribution in [0.1, 0.15) is 29.5 Å². The van der Waals surface area contributed by atoms with Gasteiger partial charge in [-0.15, -0.1) is 0 Å². The molecular formula is C24H21N5O4. The highest BCUT2D eigenvalue weighted by Crippen LogP contribution is 2.35. The number of ether oxygens (including phenoxy) is 1. The number of hydrogen-bond donors (Lipinski definition) is 2. The second-order valence-corrected chi connectivity index (χ2v) is 7.91. The number of benzene rings is 2. The van der Waals surface area contributed by atoms with Crippen molar-refractivity contribution < 1.29 is 19.4 Å². The molecule has 2 aromatic carbocycles. The van der Waals surface area contributed by atoms with Crippen LogP contribution in [0.15, 0.2) is 60.9 Å². The van der Waals surface area contributed by atoms with E-state index in [4.69, 9.17) is 4.74 Å². The van der Waals surface area contributed by atoms with E-state index in [1.807, 2.05) is 36.1 Å². The molecule has 2 atom stereocenters. The second kappa shape index (κ2) is 8.34. The third kappa shape index (κ3) is 3.89. The molecule has 0 amide bonds. The highest BCUT2D eigenvalue weighted by Gasteiger charge is 2.37. The zero-order chi connectivity index (χ0) is 22.9. The molecule has 2 aromatic heterocycles. The molecule has 0 aliphatic carbocycles. The van der Waals surface area contributed by atoms with Crippen molar-refractivity contribution in [3.8, 4) is 11.6 Å². The Labute approximate surface area is 189 Å². The van der Waals surface area contributed by atoms with Gasteiger partial charge in [0.25, 0.3) is 5.88 Å². The summed E-state index contributed by atoms with van der Waals surface area (Å²) < 4.78 is 5.96. The summed E-state index contributed by atoms with van der Waals surface area (Å²) in [4.78, 5) is 42.3. The predicted molar refractivity (Wildman–Crippen MR) is 121 cm³/mol. The van der Waals surface area contributed by atoms with Crippen LogP contribution in [0, 0.1) is 5.92 Å². The molecule has 1 aliphatic heterocycles. The number of fused-ring (bicyclic) bond motifs is 1. The van der Waals surface area contributed by atoms with Crippen LogP contribution < -0.4 is 9.64 Å². The van der Waals surface area contributed by atoms with E-state index in [1.165, 1.54) is 6.20 Å². The minimum absolute atomic E-state index is 0.219. The van der Waals surface area contributed by atoms with Gasteiger partial charge in [-0.1, -0.05) is 12.1 Å². The van der Waals surface area contributed by atoms with E-state index in [2.05, 4.69) is 19.9 Å². The van der Waals surface area contributed by atoms with Crippen LogP contribution in [0.5, 0.6) is 11.6 Å². The van der Waals surface area contributed by atoms with E-state index in [0.717, 1.165) is 11.0 Å². The number of carboxylic acid groups (broad SMARTS) is 1. The van der Waals surface area contributed by atoms with Gasteiger partial charge in [-0.25, -0.2) is 15.0 Å². The monoisotopic (exact) mass is 443 g/mol. The lowest BCUT2D eigenvalue weighted by Gasteiger charge is -2.25. The highest BCUT2D eigenvalue weighted by molar-refractivity contribution is 6.08. The van der Waals surface area contributed by atoms with Gasteiger partial charge in [0.1, 0.15) is 5.75 Å². The van der Waals surface area contributed by atoms with Gasteiger partial charge in [-0.05, 0) is 49.7 Å². The average Bonchev–Trinajstić information content (AvgIpc) is 3.43. The summed E-state index contributed by atoms with van der Waals surface area (Å²) in [5, 5.41) is 9.42. The van der Waals surface area contributed by atoms with Gasteiger partial charge in [0.05, 0.1) is 17.0 Å². The van der Waals surface area contributed by atoms with Crippen LogP contribution in [0.4, 0.5) is 5.82 Å². The van der Waals surface area contributed by atoms with Crippen LogP contribution in [0.2, 0.25) is 0 Å². The number of anilines is 1. The maximum atomic E-state index is 12.8. The van der Waals surface area contributed by atoms with Gasteiger partial charge in [0, 0.05) is 30.5 Å². The summed E-state index contributed by atoms with van der Waals surface area (Å²) in [6, 6.07) is 13.9. The van der Waals surface area contributed by atoms with Gasteiger partial charge in [0.2, 0.25) is 5.78 Å².